The van der Waals surface area contributed by atoms with Gasteiger partial charge in [-0.1, -0.05) is 43.2 Å². The SMILES string of the molecule is CN(C)S(=O)c1ccc(SNC2CCCCC2N2CCC(c3ccccc3)CC2)cc1. The molecule has 3 atom stereocenters. The molecule has 2 aromatic carbocycles. The van der Waals surface area contributed by atoms with Gasteiger partial charge in [-0.05, 0) is 101 Å². The second kappa shape index (κ2) is 11.1. The maximum Gasteiger partial charge on any atom is 0.127 e. The van der Waals surface area contributed by atoms with Crippen LogP contribution in [0.2, 0.25) is 0 Å². The summed E-state index contributed by atoms with van der Waals surface area (Å²) < 4.78 is 17.7. The largest absolute Gasteiger partial charge is 0.299 e. The van der Waals surface area contributed by atoms with Crippen molar-refractivity contribution in [2.24, 2.45) is 0 Å². The standard InChI is InChI=1S/C25H35N3OS2/c1-27(2)31(29)23-14-12-22(13-15-23)30-26-24-10-6-7-11-25(24)28-18-16-21(17-19-28)20-8-4-3-5-9-20/h3-5,8-9,12-15,21,24-26H,6-7,10-11,16-19H2,1-2H3. The lowest BCUT2D eigenvalue weighted by Gasteiger charge is -2.43. The Hall–Kier alpha value is -1.18. The molecule has 1 aliphatic heterocycles. The topological polar surface area (TPSA) is 35.6 Å². The fraction of sp³-hybridized carbons (Fsp3) is 0.520. The fourth-order valence-corrected chi connectivity index (χ4v) is 6.58. The van der Waals surface area contributed by atoms with Crippen LogP contribution in [0.5, 0.6) is 0 Å². The van der Waals surface area contributed by atoms with Crippen molar-refractivity contribution in [1.82, 2.24) is 13.9 Å². The summed E-state index contributed by atoms with van der Waals surface area (Å²) in [6.07, 6.45) is 7.75. The predicted molar refractivity (Wildman–Crippen MR) is 132 cm³/mol. The second-order valence-electron chi connectivity index (χ2n) is 8.93. The molecule has 1 aliphatic carbocycles. The van der Waals surface area contributed by atoms with Crippen LogP contribution in [0, 0.1) is 0 Å². The molecule has 31 heavy (non-hydrogen) atoms. The number of nitrogens with zero attached hydrogens (tertiary/aromatic N) is 2. The first-order chi connectivity index (χ1) is 15.1. The number of hydrogen-bond acceptors (Lipinski definition) is 4. The van der Waals surface area contributed by atoms with E-state index in [1.165, 1.54) is 62.1 Å². The molecular formula is C25H35N3OS2. The van der Waals surface area contributed by atoms with E-state index in [0.717, 1.165) is 4.90 Å². The molecule has 1 N–H and O–H groups in total. The van der Waals surface area contributed by atoms with Gasteiger partial charge in [0.15, 0.2) is 0 Å². The highest BCUT2D eigenvalue weighted by Gasteiger charge is 2.32. The van der Waals surface area contributed by atoms with Crippen molar-refractivity contribution in [2.45, 2.75) is 66.3 Å². The van der Waals surface area contributed by atoms with Crippen LogP contribution in [0.15, 0.2) is 64.4 Å². The lowest BCUT2D eigenvalue weighted by atomic mass is 9.85. The third-order valence-electron chi connectivity index (χ3n) is 6.68. The van der Waals surface area contributed by atoms with Crippen molar-refractivity contribution in [2.75, 3.05) is 27.2 Å². The summed E-state index contributed by atoms with van der Waals surface area (Å²) in [6, 6.07) is 20.3. The zero-order chi connectivity index (χ0) is 21.6. The Kier molecular flexibility index (Phi) is 8.24. The first-order valence-electron chi connectivity index (χ1n) is 11.5. The summed E-state index contributed by atoms with van der Waals surface area (Å²) in [5.41, 5.74) is 1.51. The quantitative estimate of drug-likeness (QED) is 0.590. The van der Waals surface area contributed by atoms with Gasteiger partial charge in [0.1, 0.15) is 11.0 Å². The summed E-state index contributed by atoms with van der Waals surface area (Å²) in [7, 11) is 2.60. The van der Waals surface area contributed by atoms with E-state index in [9.17, 15) is 4.21 Å². The first kappa shape index (κ1) is 23.0. The van der Waals surface area contributed by atoms with Crippen molar-refractivity contribution in [3.8, 4) is 0 Å². The summed E-state index contributed by atoms with van der Waals surface area (Å²) >= 11 is 1.73. The van der Waals surface area contributed by atoms with Gasteiger partial charge in [-0.3, -0.25) is 9.62 Å². The van der Waals surface area contributed by atoms with E-state index in [1.807, 2.05) is 26.2 Å². The average Bonchev–Trinajstić information content (AvgIpc) is 2.83. The lowest BCUT2D eigenvalue weighted by Crippen LogP contribution is -2.52. The van der Waals surface area contributed by atoms with Crippen LogP contribution < -0.4 is 4.72 Å². The predicted octanol–water partition coefficient (Wildman–Crippen LogP) is 5.06. The van der Waals surface area contributed by atoms with E-state index in [4.69, 9.17) is 0 Å². The molecule has 1 saturated carbocycles. The molecule has 0 bridgehead atoms. The van der Waals surface area contributed by atoms with Gasteiger partial charge in [0.05, 0.1) is 4.90 Å². The summed E-state index contributed by atoms with van der Waals surface area (Å²) in [5.74, 6) is 0.716. The van der Waals surface area contributed by atoms with E-state index in [-0.39, 0.29) is 0 Å². The van der Waals surface area contributed by atoms with E-state index in [1.54, 1.807) is 16.3 Å². The van der Waals surface area contributed by atoms with Crippen LogP contribution in [0.3, 0.4) is 0 Å². The smallest absolute Gasteiger partial charge is 0.127 e. The molecule has 0 aromatic heterocycles. The zero-order valence-electron chi connectivity index (χ0n) is 18.7. The van der Waals surface area contributed by atoms with E-state index < -0.39 is 11.0 Å². The highest BCUT2D eigenvalue weighted by Crippen LogP contribution is 2.33. The van der Waals surface area contributed by atoms with Crippen LogP contribution in [-0.4, -0.2) is 52.7 Å². The van der Waals surface area contributed by atoms with Crippen LogP contribution in [-0.2, 0) is 11.0 Å². The minimum absolute atomic E-state index is 0.530. The molecule has 2 aliphatic rings. The van der Waals surface area contributed by atoms with Gasteiger partial charge in [0.2, 0.25) is 0 Å². The second-order valence-corrected chi connectivity index (χ2v) is 11.5. The first-order valence-corrected chi connectivity index (χ1v) is 13.4. The lowest BCUT2D eigenvalue weighted by molar-refractivity contribution is 0.103. The molecule has 0 amide bonds. The molecule has 0 spiro atoms. The molecule has 4 nitrogen and oxygen atoms in total. The van der Waals surface area contributed by atoms with Crippen LogP contribution in [0.4, 0.5) is 0 Å². The third-order valence-corrected chi connectivity index (χ3v) is 8.95. The Morgan fingerprint density at radius 1 is 0.935 bits per heavy atom. The molecule has 2 aromatic rings. The summed E-state index contributed by atoms with van der Waals surface area (Å²) in [6.45, 7) is 2.41. The van der Waals surface area contributed by atoms with Crippen LogP contribution in [0.25, 0.3) is 0 Å². The summed E-state index contributed by atoms with van der Waals surface area (Å²) in [5, 5.41) is 0. The number of nitrogens with one attached hydrogen (secondary N) is 1. The van der Waals surface area contributed by atoms with Gasteiger partial charge in [-0.15, -0.1) is 0 Å². The Morgan fingerprint density at radius 2 is 1.61 bits per heavy atom. The van der Waals surface area contributed by atoms with Gasteiger partial charge < -0.3 is 0 Å². The van der Waals surface area contributed by atoms with Gasteiger partial charge in [-0.25, -0.2) is 8.51 Å². The third kappa shape index (κ3) is 5.99. The molecule has 168 valence electrons. The van der Waals surface area contributed by atoms with Crippen molar-refractivity contribution in [3.63, 3.8) is 0 Å². The average molecular weight is 458 g/mol. The Bertz CT molecular complexity index is 836. The maximum absolute atomic E-state index is 12.2. The number of likely N-dealkylation sites (tertiary alicyclic amines) is 1. The molecule has 1 heterocycles. The van der Waals surface area contributed by atoms with Gasteiger partial charge in [0, 0.05) is 17.0 Å². The zero-order valence-corrected chi connectivity index (χ0v) is 20.3. The Morgan fingerprint density at radius 3 is 2.29 bits per heavy atom. The Labute approximate surface area is 194 Å². The minimum atomic E-state index is -1.08. The molecule has 4 rings (SSSR count). The minimum Gasteiger partial charge on any atom is -0.299 e. The van der Waals surface area contributed by atoms with Crippen LogP contribution in [0.1, 0.15) is 50.0 Å². The maximum atomic E-state index is 12.2. The van der Waals surface area contributed by atoms with Crippen molar-refractivity contribution < 1.29 is 4.21 Å². The fourth-order valence-electron chi connectivity index (χ4n) is 4.95. The summed E-state index contributed by atoms with van der Waals surface area (Å²) in [4.78, 5) is 4.79. The molecule has 3 unspecified atom stereocenters. The monoisotopic (exact) mass is 457 g/mol. The highest BCUT2D eigenvalue weighted by atomic mass is 32.2. The van der Waals surface area contributed by atoms with E-state index in [2.05, 4.69) is 52.1 Å². The van der Waals surface area contributed by atoms with Gasteiger partial charge in [-0.2, -0.15) is 0 Å². The van der Waals surface area contributed by atoms with E-state index >= 15 is 0 Å². The van der Waals surface area contributed by atoms with Crippen molar-refractivity contribution in [3.05, 3.63) is 60.2 Å². The number of piperidine rings is 1. The van der Waals surface area contributed by atoms with Crippen molar-refractivity contribution in [1.29, 1.82) is 0 Å². The van der Waals surface area contributed by atoms with Gasteiger partial charge in [0.25, 0.3) is 0 Å². The van der Waals surface area contributed by atoms with Gasteiger partial charge >= 0.3 is 0 Å². The van der Waals surface area contributed by atoms with E-state index in [0.29, 0.717) is 18.0 Å². The molecule has 2 fully saturated rings. The Balaban J connectivity index is 1.31. The normalized spacial score (nSPS) is 24.4. The molecular weight excluding hydrogens is 422 g/mol. The molecule has 6 heteroatoms. The van der Waals surface area contributed by atoms with Crippen molar-refractivity contribution >= 4 is 22.9 Å². The number of hydrogen-bond donors (Lipinski definition) is 1. The molecule has 1 saturated heterocycles. The molecule has 0 radical (unpaired) electrons. The van der Waals surface area contributed by atoms with Crippen LogP contribution >= 0.6 is 11.9 Å². The highest BCUT2D eigenvalue weighted by molar-refractivity contribution is 7.97. The number of benzene rings is 2. The number of rotatable bonds is 7.